The number of nitrogens with zero attached hydrogens (tertiary/aromatic N) is 5. The van der Waals surface area contributed by atoms with E-state index in [2.05, 4.69) is 26.0 Å². The predicted molar refractivity (Wildman–Crippen MR) is 123 cm³/mol. The first-order chi connectivity index (χ1) is 15.9. The summed E-state index contributed by atoms with van der Waals surface area (Å²) in [6.45, 7) is 1.03. The van der Waals surface area contributed by atoms with Gasteiger partial charge in [0, 0.05) is 38.4 Å². The second-order valence-corrected chi connectivity index (χ2v) is 8.71. The Balaban J connectivity index is 1.47. The monoisotopic (exact) mass is 454 g/mol. The fourth-order valence-electron chi connectivity index (χ4n) is 4.22. The van der Waals surface area contributed by atoms with Crippen LogP contribution in [0.1, 0.15) is 35.7 Å². The summed E-state index contributed by atoms with van der Waals surface area (Å²) in [6, 6.07) is 4.76. The fraction of sp³-hybridized carbons (Fsp3) is 0.455. The van der Waals surface area contributed by atoms with Crippen LogP contribution < -0.4 is 21.5 Å². The topological polar surface area (TPSA) is 109 Å². The molecule has 5 rings (SSSR count). The molecule has 3 N–H and O–H groups in total. The van der Waals surface area contributed by atoms with Gasteiger partial charge in [-0.2, -0.15) is 9.61 Å². The molecule has 1 aliphatic carbocycles. The molecule has 2 aliphatic rings. The van der Waals surface area contributed by atoms with Crippen molar-refractivity contribution in [3.8, 4) is 0 Å². The van der Waals surface area contributed by atoms with E-state index in [0.717, 1.165) is 19.4 Å². The number of carbonyl (C=O) groups excluding carboxylic acids is 1. The van der Waals surface area contributed by atoms with Crippen molar-refractivity contribution in [1.82, 2.24) is 29.4 Å². The highest BCUT2D eigenvalue weighted by Gasteiger charge is 2.30. The number of halogens is 1. The Labute approximate surface area is 189 Å². The second-order valence-electron chi connectivity index (χ2n) is 8.71. The molecule has 0 aromatic carbocycles. The van der Waals surface area contributed by atoms with Gasteiger partial charge >= 0.3 is 0 Å². The number of aromatic nitrogens is 4. The lowest BCUT2D eigenvalue weighted by Gasteiger charge is -2.33. The Kier molecular flexibility index (Phi) is 5.49. The molecule has 1 saturated heterocycles. The number of hydrogen-bond donors (Lipinski definition) is 3. The summed E-state index contributed by atoms with van der Waals surface area (Å²) >= 11 is 0. The summed E-state index contributed by atoms with van der Waals surface area (Å²) in [5, 5.41) is 13.3. The highest BCUT2D eigenvalue weighted by atomic mass is 19.1. The third-order valence-corrected chi connectivity index (χ3v) is 6.19. The van der Waals surface area contributed by atoms with Gasteiger partial charge in [-0.1, -0.05) is 0 Å². The number of carbonyl (C=O) groups is 1. The summed E-state index contributed by atoms with van der Waals surface area (Å²) < 4.78 is 17.7. The van der Waals surface area contributed by atoms with Gasteiger partial charge in [-0.3, -0.25) is 9.59 Å². The summed E-state index contributed by atoms with van der Waals surface area (Å²) in [4.78, 5) is 32.3. The summed E-state index contributed by atoms with van der Waals surface area (Å²) in [5.41, 5.74) is 0.700. The van der Waals surface area contributed by atoms with Gasteiger partial charge in [0.15, 0.2) is 5.65 Å². The average Bonchev–Trinajstić information content (AvgIpc) is 3.50. The number of hydrogen-bond acceptors (Lipinski definition) is 7. The van der Waals surface area contributed by atoms with Crippen molar-refractivity contribution in [2.45, 2.75) is 37.5 Å². The number of likely N-dealkylation sites (tertiary alicyclic amines) is 1. The van der Waals surface area contributed by atoms with Gasteiger partial charge in [-0.15, -0.1) is 0 Å². The molecule has 1 aliphatic heterocycles. The minimum absolute atomic E-state index is 0.208. The van der Waals surface area contributed by atoms with Crippen molar-refractivity contribution in [2.75, 3.05) is 37.8 Å². The van der Waals surface area contributed by atoms with Gasteiger partial charge in [0.1, 0.15) is 29.1 Å². The number of rotatable bonds is 6. The molecule has 0 spiro atoms. The summed E-state index contributed by atoms with van der Waals surface area (Å²) in [7, 11) is 3.61. The molecular formula is C22H27FN8O2. The van der Waals surface area contributed by atoms with E-state index in [4.69, 9.17) is 0 Å². The van der Waals surface area contributed by atoms with E-state index < -0.39 is 12.2 Å². The van der Waals surface area contributed by atoms with Crippen molar-refractivity contribution < 1.29 is 9.18 Å². The number of alkyl halides is 1. The van der Waals surface area contributed by atoms with Crippen LogP contribution in [0.5, 0.6) is 0 Å². The molecule has 0 bridgehead atoms. The normalized spacial score (nSPS) is 21.2. The highest BCUT2D eigenvalue weighted by Crippen LogP contribution is 2.25. The minimum Gasteiger partial charge on any atom is -0.373 e. The number of piperidine rings is 1. The van der Waals surface area contributed by atoms with E-state index in [0.29, 0.717) is 35.8 Å². The van der Waals surface area contributed by atoms with Gasteiger partial charge in [0.05, 0.1) is 12.2 Å². The molecule has 4 heterocycles. The summed E-state index contributed by atoms with van der Waals surface area (Å²) in [6.07, 6.45) is 4.50. The third kappa shape index (κ3) is 4.15. The zero-order chi connectivity index (χ0) is 23.1. The SMILES string of the molecule is CNc1cc(Nc2cccn([C@H]3CCN(C)C[C@@H]3F)c2=O)nc2c(C(=O)NC3CC3)cnn12. The zero-order valence-corrected chi connectivity index (χ0v) is 18.6. The number of fused-ring (bicyclic) bond motifs is 1. The lowest BCUT2D eigenvalue weighted by Crippen LogP contribution is -2.43. The molecule has 33 heavy (non-hydrogen) atoms. The lowest BCUT2D eigenvalue weighted by atomic mass is 10.0. The zero-order valence-electron chi connectivity index (χ0n) is 18.6. The van der Waals surface area contributed by atoms with E-state index in [-0.39, 0.29) is 23.2 Å². The van der Waals surface area contributed by atoms with Crippen molar-refractivity contribution >= 4 is 28.9 Å². The van der Waals surface area contributed by atoms with E-state index in [1.165, 1.54) is 10.8 Å². The van der Waals surface area contributed by atoms with E-state index in [9.17, 15) is 14.0 Å². The number of nitrogens with one attached hydrogen (secondary N) is 3. The standard InChI is InChI=1S/C22H27FN8O2/c1-24-19-10-18(28-20-14(11-25-31(19)20)21(32)26-13-5-6-13)27-16-4-3-8-30(22(16)33)17-7-9-29(2)12-15(17)23/h3-4,8,10-11,13,15,17,24H,5-7,9,12H2,1-2H3,(H,26,32)(H,27,28)/t15-,17-/m0/s1. The van der Waals surface area contributed by atoms with Crippen LogP contribution in [0, 0.1) is 0 Å². The molecule has 3 aromatic heterocycles. The fourth-order valence-corrected chi connectivity index (χ4v) is 4.22. The largest absolute Gasteiger partial charge is 0.373 e. The van der Waals surface area contributed by atoms with Gasteiger partial charge in [0.25, 0.3) is 11.5 Å². The van der Waals surface area contributed by atoms with Gasteiger partial charge < -0.3 is 25.4 Å². The first-order valence-electron chi connectivity index (χ1n) is 11.1. The van der Waals surface area contributed by atoms with Crippen molar-refractivity contribution in [2.24, 2.45) is 0 Å². The molecule has 3 aromatic rings. The maximum absolute atomic E-state index is 14.7. The summed E-state index contributed by atoms with van der Waals surface area (Å²) in [5.74, 6) is 0.753. The Morgan fingerprint density at radius 1 is 1.27 bits per heavy atom. The second kappa shape index (κ2) is 8.47. The molecule has 2 fully saturated rings. The van der Waals surface area contributed by atoms with Crippen LogP contribution in [-0.4, -0.2) is 69.4 Å². The Morgan fingerprint density at radius 3 is 2.82 bits per heavy atom. The molecule has 1 saturated carbocycles. The maximum Gasteiger partial charge on any atom is 0.274 e. The molecule has 1 amide bonds. The Morgan fingerprint density at radius 2 is 2.09 bits per heavy atom. The van der Waals surface area contributed by atoms with Crippen LogP contribution in [0.2, 0.25) is 0 Å². The third-order valence-electron chi connectivity index (χ3n) is 6.19. The first kappa shape index (κ1) is 21.4. The van der Waals surface area contributed by atoms with Crippen LogP contribution >= 0.6 is 0 Å². The van der Waals surface area contributed by atoms with Crippen molar-refractivity contribution in [3.05, 3.63) is 46.5 Å². The molecule has 174 valence electrons. The van der Waals surface area contributed by atoms with Gasteiger partial charge in [-0.05, 0) is 38.4 Å². The van der Waals surface area contributed by atoms with Crippen molar-refractivity contribution in [3.63, 3.8) is 0 Å². The van der Waals surface area contributed by atoms with E-state index in [1.54, 1.807) is 36.0 Å². The van der Waals surface area contributed by atoms with Gasteiger partial charge in [-0.25, -0.2) is 9.37 Å². The maximum atomic E-state index is 14.7. The average molecular weight is 455 g/mol. The smallest absolute Gasteiger partial charge is 0.274 e. The molecule has 10 nitrogen and oxygen atoms in total. The number of pyridine rings is 1. The van der Waals surface area contributed by atoms with Crippen LogP contribution in [0.3, 0.4) is 0 Å². The quantitative estimate of drug-likeness (QED) is 0.521. The Hall–Kier alpha value is -3.47. The lowest BCUT2D eigenvalue weighted by molar-refractivity contribution is 0.0952. The molecule has 11 heteroatoms. The molecule has 2 atom stereocenters. The Bertz CT molecular complexity index is 1250. The molecule has 0 radical (unpaired) electrons. The highest BCUT2D eigenvalue weighted by molar-refractivity contribution is 6.00. The van der Waals surface area contributed by atoms with E-state index in [1.807, 2.05) is 11.9 Å². The number of anilines is 3. The molecular weight excluding hydrogens is 427 g/mol. The van der Waals surface area contributed by atoms with Crippen LogP contribution in [0.15, 0.2) is 35.4 Å². The first-order valence-corrected chi connectivity index (χ1v) is 11.1. The van der Waals surface area contributed by atoms with E-state index >= 15 is 0 Å². The minimum atomic E-state index is -1.12. The van der Waals surface area contributed by atoms with Crippen molar-refractivity contribution in [1.29, 1.82) is 0 Å². The van der Waals surface area contributed by atoms with Crippen LogP contribution in [0.4, 0.5) is 21.7 Å². The van der Waals surface area contributed by atoms with Gasteiger partial charge in [0.2, 0.25) is 0 Å². The van der Waals surface area contributed by atoms with Crippen LogP contribution in [-0.2, 0) is 0 Å². The molecule has 0 unspecified atom stereocenters. The number of amides is 1. The predicted octanol–water partition coefficient (Wildman–Crippen LogP) is 1.78. The van der Waals surface area contributed by atoms with Crippen LogP contribution in [0.25, 0.3) is 5.65 Å².